The summed E-state index contributed by atoms with van der Waals surface area (Å²) in [5.74, 6) is 1.17. The Labute approximate surface area is 122 Å². The highest BCUT2D eigenvalue weighted by Gasteiger charge is 2.21. The van der Waals surface area contributed by atoms with Crippen molar-refractivity contribution >= 4 is 23.1 Å². The van der Waals surface area contributed by atoms with Gasteiger partial charge in [-0.15, -0.1) is 0 Å². The van der Waals surface area contributed by atoms with Crippen LogP contribution in [-0.4, -0.2) is 35.9 Å². The van der Waals surface area contributed by atoms with Crippen molar-refractivity contribution in [1.82, 2.24) is 9.88 Å². The van der Waals surface area contributed by atoms with Crippen LogP contribution in [0.15, 0.2) is 35.2 Å². The molecule has 2 aromatic rings. The summed E-state index contributed by atoms with van der Waals surface area (Å²) in [4.78, 5) is 20.9. The fourth-order valence-corrected chi connectivity index (χ4v) is 3.12. The zero-order valence-electron chi connectivity index (χ0n) is 11.5. The van der Waals surface area contributed by atoms with E-state index in [1.54, 1.807) is 17.5 Å². The fraction of sp³-hybridized carbons (Fsp3) is 0.333. The van der Waals surface area contributed by atoms with Crippen molar-refractivity contribution in [2.24, 2.45) is 0 Å². The molecule has 4 nitrogen and oxygen atoms in total. The van der Waals surface area contributed by atoms with E-state index >= 15 is 0 Å². The van der Waals surface area contributed by atoms with E-state index < -0.39 is 0 Å². The van der Waals surface area contributed by atoms with Gasteiger partial charge in [-0.25, -0.2) is 4.98 Å². The molecule has 0 saturated heterocycles. The summed E-state index contributed by atoms with van der Waals surface area (Å²) in [6.07, 6.45) is 2.29. The maximum Gasteiger partial charge on any atom is 0.227 e. The van der Waals surface area contributed by atoms with E-state index in [2.05, 4.69) is 16.0 Å². The first kappa shape index (κ1) is 13.1. The number of pyridine rings is 1. The molecule has 1 amide bonds. The van der Waals surface area contributed by atoms with Gasteiger partial charge in [0.25, 0.3) is 0 Å². The lowest BCUT2D eigenvalue weighted by molar-refractivity contribution is -0.130. The molecule has 0 radical (unpaired) electrons. The molecule has 0 unspecified atom stereocenters. The summed E-state index contributed by atoms with van der Waals surface area (Å²) in [5, 5.41) is 4.05. The average Bonchev–Trinajstić information content (AvgIpc) is 2.90. The number of carbonyl (C=O) groups excluding carboxylic acids is 1. The lowest BCUT2D eigenvalue weighted by Gasteiger charge is -2.20. The zero-order chi connectivity index (χ0) is 13.9. The van der Waals surface area contributed by atoms with Crippen LogP contribution in [0.1, 0.15) is 11.1 Å². The van der Waals surface area contributed by atoms with Crippen LogP contribution in [-0.2, 0) is 17.8 Å². The topological polar surface area (TPSA) is 36.4 Å². The van der Waals surface area contributed by atoms with E-state index in [1.807, 2.05) is 34.8 Å². The number of hydrogen-bond donors (Lipinski definition) is 0. The van der Waals surface area contributed by atoms with Gasteiger partial charge in [-0.3, -0.25) is 4.79 Å². The van der Waals surface area contributed by atoms with Crippen molar-refractivity contribution in [3.63, 3.8) is 0 Å². The molecular weight excluding hydrogens is 270 g/mol. The Kier molecular flexibility index (Phi) is 3.69. The zero-order valence-corrected chi connectivity index (χ0v) is 12.3. The van der Waals surface area contributed by atoms with Gasteiger partial charge in [-0.1, -0.05) is 6.07 Å². The molecule has 1 aliphatic heterocycles. The maximum absolute atomic E-state index is 12.4. The van der Waals surface area contributed by atoms with Gasteiger partial charge in [0.2, 0.25) is 5.91 Å². The number of hydrogen-bond acceptors (Lipinski definition) is 4. The molecule has 104 valence electrons. The minimum Gasteiger partial charge on any atom is -0.358 e. The van der Waals surface area contributed by atoms with Crippen LogP contribution >= 0.6 is 11.3 Å². The van der Waals surface area contributed by atoms with Crippen LogP contribution < -0.4 is 4.90 Å². The second-order valence-corrected chi connectivity index (χ2v) is 5.81. The van der Waals surface area contributed by atoms with Crippen molar-refractivity contribution in [2.75, 3.05) is 25.0 Å². The molecule has 2 aromatic heterocycles. The number of rotatable bonds is 2. The lowest BCUT2D eigenvalue weighted by atomic mass is 10.2. The second kappa shape index (κ2) is 5.63. The molecule has 1 aliphatic rings. The summed E-state index contributed by atoms with van der Waals surface area (Å²) >= 11 is 1.63. The second-order valence-electron chi connectivity index (χ2n) is 5.03. The molecule has 0 fully saturated rings. The third-order valence-corrected chi connectivity index (χ3v) is 4.32. The smallest absolute Gasteiger partial charge is 0.227 e. The third kappa shape index (κ3) is 2.67. The first-order valence-electron chi connectivity index (χ1n) is 6.68. The molecule has 0 aliphatic carbocycles. The number of carbonyl (C=O) groups is 1. The fourth-order valence-electron chi connectivity index (χ4n) is 2.45. The van der Waals surface area contributed by atoms with Gasteiger partial charge in [0.15, 0.2) is 0 Å². The van der Waals surface area contributed by atoms with Crippen LogP contribution in [0.2, 0.25) is 0 Å². The standard InChI is InChI=1S/C15H17N3OS/c1-17-6-7-18(10-13-3-2-5-16-15(13)17)14(19)9-12-4-8-20-11-12/h2-5,8,11H,6-7,9-10H2,1H3. The van der Waals surface area contributed by atoms with Crippen molar-refractivity contribution in [1.29, 1.82) is 0 Å². The molecule has 0 aromatic carbocycles. The minimum atomic E-state index is 0.188. The molecule has 0 bridgehead atoms. The van der Waals surface area contributed by atoms with E-state index in [0.717, 1.165) is 30.0 Å². The average molecular weight is 287 g/mol. The third-order valence-electron chi connectivity index (χ3n) is 3.58. The summed E-state index contributed by atoms with van der Waals surface area (Å²) in [7, 11) is 2.03. The number of fused-ring (bicyclic) bond motifs is 1. The van der Waals surface area contributed by atoms with Gasteiger partial charge in [0.1, 0.15) is 5.82 Å². The predicted molar refractivity (Wildman–Crippen MR) is 80.9 cm³/mol. The Balaban J connectivity index is 1.77. The van der Waals surface area contributed by atoms with Crippen molar-refractivity contribution in [2.45, 2.75) is 13.0 Å². The van der Waals surface area contributed by atoms with Gasteiger partial charge < -0.3 is 9.80 Å². The van der Waals surface area contributed by atoms with Crippen molar-refractivity contribution in [3.05, 3.63) is 46.3 Å². The molecule has 0 spiro atoms. The van der Waals surface area contributed by atoms with Gasteiger partial charge in [-0.2, -0.15) is 11.3 Å². The van der Waals surface area contributed by atoms with Crippen LogP contribution in [0, 0.1) is 0 Å². The van der Waals surface area contributed by atoms with E-state index in [1.165, 1.54) is 0 Å². The molecule has 0 saturated carbocycles. The quantitative estimate of drug-likeness (QED) is 0.849. The Morgan fingerprint density at radius 3 is 3.10 bits per heavy atom. The molecule has 5 heteroatoms. The molecule has 20 heavy (non-hydrogen) atoms. The Morgan fingerprint density at radius 1 is 1.40 bits per heavy atom. The highest BCUT2D eigenvalue weighted by molar-refractivity contribution is 7.07. The largest absolute Gasteiger partial charge is 0.358 e. The molecule has 0 N–H and O–H groups in total. The minimum absolute atomic E-state index is 0.188. The van der Waals surface area contributed by atoms with Gasteiger partial charge >= 0.3 is 0 Å². The summed E-state index contributed by atoms with van der Waals surface area (Å²) in [6, 6.07) is 6.00. The Morgan fingerprint density at radius 2 is 2.30 bits per heavy atom. The normalized spacial score (nSPS) is 14.8. The first-order chi connectivity index (χ1) is 9.74. The predicted octanol–water partition coefficient (Wildman–Crippen LogP) is 2.16. The van der Waals surface area contributed by atoms with E-state index in [0.29, 0.717) is 13.0 Å². The summed E-state index contributed by atoms with van der Waals surface area (Å²) in [5.41, 5.74) is 2.22. The maximum atomic E-state index is 12.4. The number of amides is 1. The van der Waals surface area contributed by atoms with E-state index in [-0.39, 0.29) is 5.91 Å². The van der Waals surface area contributed by atoms with Crippen LogP contribution in [0.5, 0.6) is 0 Å². The van der Waals surface area contributed by atoms with Gasteiger partial charge in [0, 0.05) is 38.4 Å². The molecule has 3 heterocycles. The number of likely N-dealkylation sites (N-methyl/N-ethyl adjacent to an activating group) is 1. The summed E-state index contributed by atoms with van der Waals surface area (Å²) < 4.78 is 0. The SMILES string of the molecule is CN1CCN(C(=O)Cc2ccsc2)Cc2cccnc21. The number of nitrogens with zero attached hydrogens (tertiary/aromatic N) is 3. The van der Waals surface area contributed by atoms with Crippen LogP contribution in [0.25, 0.3) is 0 Å². The van der Waals surface area contributed by atoms with Crippen LogP contribution in [0.4, 0.5) is 5.82 Å². The highest BCUT2D eigenvalue weighted by Crippen LogP contribution is 2.21. The number of aromatic nitrogens is 1. The highest BCUT2D eigenvalue weighted by atomic mass is 32.1. The van der Waals surface area contributed by atoms with Crippen molar-refractivity contribution in [3.8, 4) is 0 Å². The number of thiophene rings is 1. The first-order valence-corrected chi connectivity index (χ1v) is 7.62. The van der Waals surface area contributed by atoms with Gasteiger partial charge in [-0.05, 0) is 28.5 Å². The monoisotopic (exact) mass is 287 g/mol. The van der Waals surface area contributed by atoms with E-state index in [4.69, 9.17) is 0 Å². The Bertz CT molecular complexity index is 597. The molecular formula is C15H17N3OS. The lowest BCUT2D eigenvalue weighted by Crippen LogP contribution is -2.35. The molecule has 0 atom stereocenters. The van der Waals surface area contributed by atoms with Gasteiger partial charge in [0.05, 0.1) is 6.42 Å². The number of anilines is 1. The van der Waals surface area contributed by atoms with Crippen molar-refractivity contribution < 1.29 is 4.79 Å². The van der Waals surface area contributed by atoms with E-state index in [9.17, 15) is 4.79 Å². The summed E-state index contributed by atoms with van der Waals surface area (Å²) in [6.45, 7) is 2.21. The molecule has 3 rings (SSSR count). The Hall–Kier alpha value is -1.88. The van der Waals surface area contributed by atoms with Crippen LogP contribution in [0.3, 0.4) is 0 Å².